The van der Waals surface area contributed by atoms with Gasteiger partial charge in [0.25, 0.3) is 11.4 Å². The highest BCUT2D eigenvalue weighted by molar-refractivity contribution is 6.24. The van der Waals surface area contributed by atoms with Gasteiger partial charge in [-0.15, -0.1) is 0 Å². The van der Waals surface area contributed by atoms with Crippen molar-refractivity contribution in [2.24, 2.45) is 0 Å². The SMILES string of the molecule is [C-]#[N+]/C(C#N)=C1/c2ccccc2-c2c3c(c4c(c21)-c1ccccc1/C4=C(/C#N)[N+]#[C-])-c1ccccc1/C3=C(\C)C#N. The molecule has 0 saturated heterocycles. The Morgan fingerprint density at radius 2 is 0.805 bits per heavy atom. The minimum absolute atomic E-state index is 0.0306. The maximum atomic E-state index is 10.2. The molecular formula is C36H15N5. The second kappa shape index (κ2) is 8.53. The molecule has 0 unspecified atom stereocenters. The van der Waals surface area contributed by atoms with E-state index in [2.05, 4.69) is 27.9 Å². The summed E-state index contributed by atoms with van der Waals surface area (Å²) in [5.74, 6) is 0. The second-order valence-electron chi connectivity index (χ2n) is 9.89. The van der Waals surface area contributed by atoms with Crippen molar-refractivity contribution < 1.29 is 0 Å². The van der Waals surface area contributed by atoms with Crippen molar-refractivity contribution in [2.75, 3.05) is 0 Å². The highest BCUT2D eigenvalue weighted by Crippen LogP contribution is 2.64. The molecule has 0 fully saturated rings. The fourth-order valence-corrected chi connectivity index (χ4v) is 6.68. The van der Waals surface area contributed by atoms with Crippen LogP contribution >= 0.6 is 0 Å². The molecule has 0 N–H and O–H groups in total. The maximum absolute atomic E-state index is 10.2. The molecule has 4 aromatic rings. The van der Waals surface area contributed by atoms with Crippen LogP contribution in [0.5, 0.6) is 0 Å². The molecule has 3 aliphatic rings. The van der Waals surface area contributed by atoms with Gasteiger partial charge in [0, 0.05) is 27.9 Å². The van der Waals surface area contributed by atoms with Gasteiger partial charge in [-0.05, 0) is 68.1 Å². The molecule has 0 radical (unpaired) electrons. The topological polar surface area (TPSA) is 80.1 Å². The molecule has 7 rings (SSSR count). The fraction of sp³-hybridized carbons (Fsp3) is 0.0278. The number of hydrogen-bond acceptors (Lipinski definition) is 3. The largest absolute Gasteiger partial charge is 0.270 e. The van der Waals surface area contributed by atoms with Crippen LogP contribution in [0.2, 0.25) is 0 Å². The van der Waals surface area contributed by atoms with Crippen molar-refractivity contribution in [3.8, 4) is 51.6 Å². The van der Waals surface area contributed by atoms with E-state index in [0.717, 1.165) is 72.3 Å². The summed E-state index contributed by atoms with van der Waals surface area (Å²) in [6.45, 7) is 17.6. The summed E-state index contributed by atoms with van der Waals surface area (Å²) in [5, 5.41) is 30.5. The van der Waals surface area contributed by atoms with Gasteiger partial charge in [-0.3, -0.25) is 0 Å². The van der Waals surface area contributed by atoms with Crippen LogP contribution < -0.4 is 0 Å². The average Bonchev–Trinajstić information content (AvgIpc) is 3.65. The number of rotatable bonds is 0. The van der Waals surface area contributed by atoms with Crippen LogP contribution in [0, 0.1) is 47.1 Å². The number of hydrogen-bond donors (Lipinski definition) is 0. The molecule has 0 aliphatic heterocycles. The van der Waals surface area contributed by atoms with Crippen LogP contribution in [0.15, 0.2) is 89.8 Å². The van der Waals surface area contributed by atoms with Gasteiger partial charge in [-0.2, -0.15) is 5.26 Å². The van der Waals surface area contributed by atoms with Crippen molar-refractivity contribution in [2.45, 2.75) is 6.92 Å². The molecule has 3 aliphatic carbocycles. The second-order valence-corrected chi connectivity index (χ2v) is 9.89. The first-order chi connectivity index (χ1) is 20.1. The number of nitriles is 3. The summed E-state index contributed by atoms with van der Waals surface area (Å²) in [6.07, 6.45) is 0. The normalized spacial score (nSPS) is 16.2. The van der Waals surface area contributed by atoms with E-state index < -0.39 is 0 Å². The zero-order chi connectivity index (χ0) is 28.4. The molecule has 184 valence electrons. The molecule has 5 nitrogen and oxygen atoms in total. The highest BCUT2D eigenvalue weighted by atomic mass is 14.7. The Kier molecular flexibility index (Phi) is 4.92. The van der Waals surface area contributed by atoms with Gasteiger partial charge in [0.1, 0.15) is 0 Å². The number of allylic oxidation sites excluding steroid dienone is 3. The lowest BCUT2D eigenvalue weighted by Crippen LogP contribution is -1.99. The minimum Gasteiger partial charge on any atom is -0.226 e. The summed E-state index contributed by atoms with van der Waals surface area (Å²) in [4.78, 5) is 7.30. The molecule has 0 spiro atoms. The summed E-state index contributed by atoms with van der Waals surface area (Å²) >= 11 is 0. The number of nitrogens with zero attached hydrogens (tertiary/aromatic N) is 5. The number of benzene rings is 4. The predicted molar refractivity (Wildman–Crippen MR) is 157 cm³/mol. The van der Waals surface area contributed by atoms with Crippen molar-refractivity contribution >= 4 is 16.7 Å². The van der Waals surface area contributed by atoms with Crippen molar-refractivity contribution in [3.05, 3.63) is 146 Å². The Morgan fingerprint density at radius 3 is 1.12 bits per heavy atom. The quantitative estimate of drug-likeness (QED) is 0.150. The van der Waals surface area contributed by atoms with Crippen LogP contribution in [0.3, 0.4) is 0 Å². The first-order valence-corrected chi connectivity index (χ1v) is 12.8. The molecule has 0 amide bonds. The Labute approximate surface area is 236 Å². The monoisotopic (exact) mass is 517 g/mol. The summed E-state index contributed by atoms with van der Waals surface area (Å²) in [7, 11) is 0. The smallest absolute Gasteiger partial charge is 0.226 e. The lowest BCUT2D eigenvalue weighted by atomic mass is 9.83. The average molecular weight is 518 g/mol. The van der Waals surface area contributed by atoms with Gasteiger partial charge in [0.2, 0.25) is 0 Å². The summed E-state index contributed by atoms with van der Waals surface area (Å²) < 4.78 is 0. The first-order valence-electron chi connectivity index (χ1n) is 12.8. The fourth-order valence-electron chi connectivity index (χ4n) is 6.68. The van der Waals surface area contributed by atoms with Crippen LogP contribution in [-0.4, -0.2) is 0 Å². The lowest BCUT2D eigenvalue weighted by Gasteiger charge is -2.19. The third-order valence-electron chi connectivity index (χ3n) is 8.10. The molecule has 0 heterocycles. The van der Waals surface area contributed by atoms with E-state index in [1.54, 1.807) is 6.92 Å². The molecule has 0 atom stereocenters. The van der Waals surface area contributed by atoms with Crippen LogP contribution in [0.4, 0.5) is 0 Å². The maximum Gasteiger partial charge on any atom is 0.270 e. The molecule has 0 saturated carbocycles. The van der Waals surface area contributed by atoms with E-state index in [4.69, 9.17) is 13.1 Å². The van der Waals surface area contributed by atoms with Gasteiger partial charge >= 0.3 is 0 Å². The van der Waals surface area contributed by atoms with E-state index in [0.29, 0.717) is 16.7 Å². The van der Waals surface area contributed by atoms with Gasteiger partial charge in [-0.25, -0.2) is 20.2 Å². The molecule has 4 aromatic carbocycles. The van der Waals surface area contributed by atoms with Crippen LogP contribution in [-0.2, 0) is 0 Å². The number of fused-ring (bicyclic) bond motifs is 12. The highest BCUT2D eigenvalue weighted by Gasteiger charge is 2.43. The molecule has 0 bridgehead atoms. The molecule has 41 heavy (non-hydrogen) atoms. The summed E-state index contributed by atoms with van der Waals surface area (Å²) in [6, 6.07) is 29.9. The Balaban J connectivity index is 1.87. The van der Waals surface area contributed by atoms with Crippen molar-refractivity contribution in [1.82, 2.24) is 0 Å². The van der Waals surface area contributed by atoms with Gasteiger partial charge in [0.05, 0.1) is 31.4 Å². The zero-order valence-electron chi connectivity index (χ0n) is 21.7. The van der Waals surface area contributed by atoms with Gasteiger partial charge < -0.3 is 0 Å². The Morgan fingerprint density at radius 1 is 0.488 bits per heavy atom. The lowest BCUT2D eigenvalue weighted by molar-refractivity contribution is 1.44. The van der Waals surface area contributed by atoms with Crippen LogP contribution in [0.25, 0.3) is 59.8 Å². The van der Waals surface area contributed by atoms with E-state index in [-0.39, 0.29) is 11.4 Å². The molecule has 5 heteroatoms. The van der Waals surface area contributed by atoms with E-state index in [1.165, 1.54) is 0 Å². The Hall–Kier alpha value is -6.45. The van der Waals surface area contributed by atoms with Crippen LogP contribution in [0.1, 0.15) is 40.3 Å². The third kappa shape index (κ3) is 2.83. The Bertz CT molecular complexity index is 2160. The third-order valence-corrected chi connectivity index (χ3v) is 8.10. The van der Waals surface area contributed by atoms with E-state index in [9.17, 15) is 15.8 Å². The van der Waals surface area contributed by atoms with Crippen molar-refractivity contribution in [1.29, 1.82) is 15.8 Å². The van der Waals surface area contributed by atoms with Gasteiger partial charge in [-0.1, -0.05) is 72.8 Å². The minimum atomic E-state index is -0.0306. The standard InChI is InChI=1S/C36H15N5/c1-19(16-37)28-20-10-4-7-13-23(20)31-34(28)32-24-14-8-5-11-21(24)29(26(17-38)40-2)36(32)33-25-15-9-6-12-22(25)30(35(31)33)27(18-39)41-3/h4-15H,1H3/b28-19-,29-26-,30-27+. The molecule has 0 aromatic heterocycles. The first kappa shape index (κ1) is 23.7. The van der Waals surface area contributed by atoms with Gasteiger partial charge in [0.15, 0.2) is 0 Å². The van der Waals surface area contributed by atoms with Crippen molar-refractivity contribution in [3.63, 3.8) is 0 Å². The van der Waals surface area contributed by atoms with E-state index >= 15 is 0 Å². The predicted octanol–water partition coefficient (Wildman–Crippen LogP) is 8.38. The summed E-state index contributed by atoms with van der Waals surface area (Å²) in [5.41, 5.74) is 12.2. The zero-order valence-corrected chi connectivity index (χ0v) is 21.7. The van der Waals surface area contributed by atoms with E-state index in [1.807, 2.05) is 72.8 Å². The molecular weight excluding hydrogens is 502 g/mol.